The van der Waals surface area contributed by atoms with Gasteiger partial charge in [0.2, 0.25) is 0 Å². The zero-order valence-electron chi connectivity index (χ0n) is 11.5. The van der Waals surface area contributed by atoms with Crippen LogP contribution in [-0.4, -0.2) is 41.4 Å². The largest absolute Gasteiger partial charge is 0.338 e. The van der Waals surface area contributed by atoms with Crippen molar-refractivity contribution in [2.75, 3.05) is 13.1 Å². The molecule has 6 nitrogen and oxygen atoms in total. The van der Waals surface area contributed by atoms with Crippen LogP contribution in [0.5, 0.6) is 0 Å². The summed E-state index contributed by atoms with van der Waals surface area (Å²) >= 11 is 9.41. The lowest BCUT2D eigenvalue weighted by Crippen LogP contribution is -2.55. The molecule has 0 atom stereocenters. The molecule has 2 fully saturated rings. The molecule has 2 saturated heterocycles. The number of halogens is 2. The number of carbonyl (C=O) groups is 3. The molecular weight excluding hydrogens is 374 g/mol. The van der Waals surface area contributed by atoms with Crippen molar-refractivity contribution in [2.24, 2.45) is 0 Å². The Bertz CT molecular complexity index is 671. The van der Waals surface area contributed by atoms with E-state index in [-0.39, 0.29) is 11.8 Å². The zero-order valence-corrected chi connectivity index (χ0v) is 13.8. The molecule has 8 heteroatoms. The first-order chi connectivity index (χ1) is 10.4. The Labute approximate surface area is 140 Å². The van der Waals surface area contributed by atoms with Crippen molar-refractivity contribution < 1.29 is 14.4 Å². The Morgan fingerprint density at radius 1 is 1.27 bits per heavy atom. The van der Waals surface area contributed by atoms with E-state index >= 15 is 0 Å². The number of nitrogens with one attached hydrogen (secondary N) is 2. The van der Waals surface area contributed by atoms with Crippen molar-refractivity contribution in [3.63, 3.8) is 0 Å². The third kappa shape index (κ3) is 2.59. The molecule has 0 unspecified atom stereocenters. The number of carbonyl (C=O) groups excluding carboxylic acids is 3. The number of amides is 4. The first kappa shape index (κ1) is 15.3. The Hall–Kier alpha value is -1.60. The van der Waals surface area contributed by atoms with Crippen LogP contribution < -0.4 is 10.6 Å². The molecule has 0 saturated carbocycles. The standard InChI is InChI=1S/C14H13BrClN3O3/c15-8-1-2-10(16)9(7-8)11(20)19-5-3-14(4-6-19)12(21)17-13(22)18-14/h1-2,7H,3-6H2,(H2,17,18,21,22). The van der Waals surface area contributed by atoms with Gasteiger partial charge in [-0.25, -0.2) is 4.79 Å². The number of hydrogen-bond acceptors (Lipinski definition) is 3. The third-order valence-electron chi connectivity index (χ3n) is 4.08. The first-order valence-electron chi connectivity index (χ1n) is 6.79. The molecule has 2 heterocycles. The quantitative estimate of drug-likeness (QED) is 0.724. The van der Waals surface area contributed by atoms with E-state index in [2.05, 4.69) is 26.6 Å². The number of nitrogens with zero attached hydrogens (tertiary/aromatic N) is 1. The molecule has 4 amide bonds. The van der Waals surface area contributed by atoms with Gasteiger partial charge in [0.05, 0.1) is 10.6 Å². The van der Waals surface area contributed by atoms with E-state index in [1.807, 2.05) is 0 Å². The topological polar surface area (TPSA) is 78.5 Å². The lowest BCUT2D eigenvalue weighted by molar-refractivity contribution is -0.125. The Morgan fingerprint density at radius 3 is 2.55 bits per heavy atom. The highest BCUT2D eigenvalue weighted by Crippen LogP contribution is 2.28. The maximum atomic E-state index is 12.6. The highest BCUT2D eigenvalue weighted by atomic mass is 79.9. The fraction of sp³-hybridized carbons (Fsp3) is 0.357. The average molecular weight is 387 g/mol. The summed E-state index contributed by atoms with van der Waals surface area (Å²) in [5, 5.41) is 5.31. The van der Waals surface area contributed by atoms with Crippen LogP contribution in [-0.2, 0) is 4.79 Å². The molecule has 22 heavy (non-hydrogen) atoms. The molecule has 3 rings (SSSR count). The van der Waals surface area contributed by atoms with E-state index in [0.717, 1.165) is 4.47 Å². The minimum atomic E-state index is -0.880. The highest BCUT2D eigenvalue weighted by Gasteiger charge is 2.48. The Balaban J connectivity index is 1.74. The second-order valence-corrected chi connectivity index (χ2v) is 6.73. The third-order valence-corrected chi connectivity index (χ3v) is 4.90. The van der Waals surface area contributed by atoms with E-state index in [0.29, 0.717) is 36.5 Å². The van der Waals surface area contributed by atoms with Gasteiger partial charge in [0, 0.05) is 17.6 Å². The number of rotatable bonds is 1. The fourth-order valence-electron chi connectivity index (χ4n) is 2.80. The number of piperidine rings is 1. The van der Waals surface area contributed by atoms with E-state index in [1.165, 1.54) is 0 Å². The second kappa shape index (κ2) is 5.55. The van der Waals surface area contributed by atoms with Gasteiger partial charge in [-0.3, -0.25) is 14.9 Å². The molecule has 2 aliphatic rings. The van der Waals surface area contributed by atoms with Gasteiger partial charge in [-0.2, -0.15) is 0 Å². The molecule has 1 aromatic rings. The summed E-state index contributed by atoms with van der Waals surface area (Å²) in [5.74, 6) is -0.490. The highest BCUT2D eigenvalue weighted by molar-refractivity contribution is 9.10. The van der Waals surface area contributed by atoms with Crippen molar-refractivity contribution in [1.82, 2.24) is 15.5 Å². The van der Waals surface area contributed by atoms with Crippen LogP contribution in [0.2, 0.25) is 5.02 Å². The molecule has 0 bridgehead atoms. The number of imide groups is 1. The summed E-state index contributed by atoms with van der Waals surface area (Å²) in [7, 11) is 0. The minimum Gasteiger partial charge on any atom is -0.338 e. The van der Waals surface area contributed by atoms with Crippen LogP contribution in [0.1, 0.15) is 23.2 Å². The Kier molecular flexibility index (Phi) is 3.86. The van der Waals surface area contributed by atoms with Crippen LogP contribution in [0.15, 0.2) is 22.7 Å². The monoisotopic (exact) mass is 385 g/mol. The molecule has 0 radical (unpaired) electrons. The van der Waals surface area contributed by atoms with Crippen LogP contribution in [0.4, 0.5) is 4.79 Å². The van der Waals surface area contributed by atoms with Crippen molar-refractivity contribution in [2.45, 2.75) is 18.4 Å². The molecule has 2 aliphatic heterocycles. The molecule has 116 valence electrons. The number of urea groups is 1. The maximum absolute atomic E-state index is 12.6. The van der Waals surface area contributed by atoms with E-state index in [9.17, 15) is 14.4 Å². The summed E-state index contributed by atoms with van der Waals surface area (Å²) in [5.41, 5.74) is -0.457. The van der Waals surface area contributed by atoms with Gasteiger partial charge in [-0.05, 0) is 31.0 Å². The van der Waals surface area contributed by atoms with Crippen LogP contribution in [0, 0.1) is 0 Å². The normalized spacial score (nSPS) is 20.0. The summed E-state index contributed by atoms with van der Waals surface area (Å²) < 4.78 is 0.774. The number of benzene rings is 1. The predicted octanol–water partition coefficient (Wildman–Crippen LogP) is 1.92. The van der Waals surface area contributed by atoms with Crippen LogP contribution in [0.3, 0.4) is 0 Å². The molecule has 2 N–H and O–H groups in total. The predicted molar refractivity (Wildman–Crippen MR) is 83.7 cm³/mol. The summed E-state index contributed by atoms with van der Waals surface area (Å²) in [6.07, 6.45) is 0.782. The fourth-order valence-corrected chi connectivity index (χ4v) is 3.36. The van der Waals surface area contributed by atoms with Crippen LogP contribution >= 0.6 is 27.5 Å². The lowest BCUT2D eigenvalue weighted by atomic mass is 9.87. The first-order valence-corrected chi connectivity index (χ1v) is 7.96. The Morgan fingerprint density at radius 2 is 1.95 bits per heavy atom. The second-order valence-electron chi connectivity index (χ2n) is 5.41. The smallest absolute Gasteiger partial charge is 0.322 e. The lowest BCUT2D eigenvalue weighted by Gasteiger charge is -2.37. The van der Waals surface area contributed by atoms with Gasteiger partial charge in [-0.1, -0.05) is 27.5 Å². The van der Waals surface area contributed by atoms with Crippen LogP contribution in [0.25, 0.3) is 0 Å². The van der Waals surface area contributed by atoms with Gasteiger partial charge in [0.1, 0.15) is 5.54 Å². The summed E-state index contributed by atoms with van der Waals surface area (Å²) in [6.45, 7) is 0.769. The molecule has 0 aromatic heterocycles. The van der Waals surface area contributed by atoms with Crippen molar-refractivity contribution in [3.05, 3.63) is 33.3 Å². The van der Waals surface area contributed by atoms with E-state index < -0.39 is 11.6 Å². The molecule has 0 aliphatic carbocycles. The van der Waals surface area contributed by atoms with Crippen molar-refractivity contribution >= 4 is 45.4 Å². The van der Waals surface area contributed by atoms with Gasteiger partial charge in [0.25, 0.3) is 11.8 Å². The maximum Gasteiger partial charge on any atom is 0.322 e. The van der Waals surface area contributed by atoms with Gasteiger partial charge in [0.15, 0.2) is 0 Å². The van der Waals surface area contributed by atoms with Gasteiger partial charge >= 0.3 is 6.03 Å². The number of likely N-dealkylation sites (tertiary alicyclic amines) is 1. The zero-order chi connectivity index (χ0) is 15.9. The SMILES string of the molecule is O=C1NC(=O)C2(CCN(C(=O)c3cc(Br)ccc3Cl)CC2)N1. The minimum absolute atomic E-state index is 0.175. The van der Waals surface area contributed by atoms with E-state index in [4.69, 9.17) is 11.6 Å². The van der Waals surface area contributed by atoms with E-state index in [1.54, 1.807) is 23.1 Å². The average Bonchev–Trinajstić information content (AvgIpc) is 2.76. The number of hydrogen-bond donors (Lipinski definition) is 2. The van der Waals surface area contributed by atoms with Gasteiger partial charge < -0.3 is 10.2 Å². The van der Waals surface area contributed by atoms with Gasteiger partial charge in [-0.15, -0.1) is 0 Å². The summed E-state index contributed by atoms with van der Waals surface area (Å²) in [4.78, 5) is 37.4. The molecule has 1 aromatic carbocycles. The van der Waals surface area contributed by atoms with Crippen molar-refractivity contribution in [3.8, 4) is 0 Å². The molecular formula is C14H13BrClN3O3. The molecule has 1 spiro atoms. The van der Waals surface area contributed by atoms with Crippen molar-refractivity contribution in [1.29, 1.82) is 0 Å². The summed E-state index contributed by atoms with van der Waals surface area (Å²) in [6, 6.07) is 4.64.